The van der Waals surface area contributed by atoms with Gasteiger partial charge in [-0.2, -0.15) is 9.13 Å². The number of hydrogen-bond donors (Lipinski definition) is 4. The molecule has 4 N–H and O–H groups in total. The van der Waals surface area contributed by atoms with Crippen LogP contribution < -0.4 is 18.3 Å². The highest BCUT2D eigenvalue weighted by Gasteiger charge is 2.11. The lowest BCUT2D eigenvalue weighted by Gasteiger charge is -2.04. The van der Waals surface area contributed by atoms with Gasteiger partial charge in [-0.05, 0) is 22.3 Å². The van der Waals surface area contributed by atoms with Gasteiger partial charge in [0.15, 0.2) is 75.8 Å². The van der Waals surface area contributed by atoms with Gasteiger partial charge in [-0.15, -0.1) is 0 Å². The molecular formula is C32H34N4O4+4. The van der Waals surface area contributed by atoms with Crippen LogP contribution in [0, 0.1) is 0 Å². The Labute approximate surface area is 233 Å². The Morgan fingerprint density at radius 2 is 0.625 bits per heavy atom. The number of pyridine rings is 4. The van der Waals surface area contributed by atoms with Gasteiger partial charge in [-0.3, -0.25) is 0 Å². The molecule has 5 aromatic rings. The lowest BCUT2D eigenvalue weighted by atomic mass is 10.1. The average Bonchev–Trinajstić information content (AvgIpc) is 2.95. The summed E-state index contributed by atoms with van der Waals surface area (Å²) in [5, 5.41) is 36.5. The summed E-state index contributed by atoms with van der Waals surface area (Å²) in [5.74, 6) is 0. The van der Waals surface area contributed by atoms with Crippen molar-refractivity contribution < 1.29 is 38.7 Å². The molecule has 8 nitrogen and oxygen atoms in total. The monoisotopic (exact) mass is 538 g/mol. The van der Waals surface area contributed by atoms with E-state index in [1.165, 1.54) is 11.1 Å². The van der Waals surface area contributed by atoms with Gasteiger partial charge in [0.05, 0.1) is 0 Å². The highest BCUT2D eigenvalue weighted by atomic mass is 16.5. The van der Waals surface area contributed by atoms with Crippen LogP contribution in [0.2, 0.25) is 0 Å². The number of aromatic nitrogens is 4. The van der Waals surface area contributed by atoms with E-state index in [1.807, 2.05) is 49.1 Å². The Kier molecular flexibility index (Phi) is 8.63. The molecule has 0 aliphatic carbocycles. The molecule has 0 saturated heterocycles. The van der Waals surface area contributed by atoms with Crippen molar-refractivity contribution in [3.8, 4) is 22.3 Å². The van der Waals surface area contributed by atoms with Gasteiger partial charge in [-0.1, -0.05) is 24.3 Å². The van der Waals surface area contributed by atoms with Crippen LogP contribution in [0.15, 0.2) is 122 Å². The summed E-state index contributed by atoms with van der Waals surface area (Å²) in [6, 6.07) is 24.9. The highest BCUT2D eigenvalue weighted by Crippen LogP contribution is 2.17. The van der Waals surface area contributed by atoms with Crippen LogP contribution in [-0.4, -0.2) is 33.0 Å². The molecule has 40 heavy (non-hydrogen) atoms. The van der Waals surface area contributed by atoms with E-state index >= 15 is 0 Å². The zero-order valence-corrected chi connectivity index (χ0v) is 22.1. The van der Waals surface area contributed by atoms with E-state index in [1.54, 1.807) is 9.13 Å². The second-order valence-corrected chi connectivity index (χ2v) is 9.86. The zero-order valence-electron chi connectivity index (χ0n) is 22.1. The summed E-state index contributed by atoms with van der Waals surface area (Å²) in [6.45, 7) is 1.85. The van der Waals surface area contributed by atoms with E-state index < -0.39 is 12.6 Å². The van der Waals surface area contributed by atoms with Crippen molar-refractivity contribution in [2.45, 2.75) is 38.8 Å². The Hall–Kier alpha value is -4.34. The SMILES string of the molecule is OC(O)C[n+]1ccc(-c2cc[n+](Cc3ccc(C[n+]4ccc(-c5cc[n+](CC(O)O)cc5)cc4)cc3)cc2)cc1. The smallest absolute Gasteiger partial charge is 0.212 e. The number of rotatable bonds is 10. The Balaban J connectivity index is 1.16. The molecule has 0 spiro atoms. The Morgan fingerprint density at radius 3 is 0.875 bits per heavy atom. The first-order valence-electron chi connectivity index (χ1n) is 13.2. The van der Waals surface area contributed by atoms with E-state index in [9.17, 15) is 0 Å². The lowest BCUT2D eigenvalue weighted by molar-refractivity contribution is -0.709. The molecule has 0 unspecified atom stereocenters. The van der Waals surface area contributed by atoms with Crippen LogP contribution >= 0.6 is 0 Å². The fraction of sp³-hybridized carbons (Fsp3) is 0.188. The molecule has 0 atom stereocenters. The van der Waals surface area contributed by atoms with Crippen molar-refractivity contribution in [3.05, 3.63) is 133 Å². The van der Waals surface area contributed by atoms with Crippen molar-refractivity contribution in [2.75, 3.05) is 0 Å². The first kappa shape index (κ1) is 27.2. The molecule has 0 fully saturated rings. The number of aliphatic hydroxyl groups excluding tert-OH is 2. The van der Waals surface area contributed by atoms with E-state index in [0.29, 0.717) is 0 Å². The topological polar surface area (TPSA) is 96.4 Å². The van der Waals surface area contributed by atoms with Gasteiger partial charge >= 0.3 is 0 Å². The van der Waals surface area contributed by atoms with E-state index in [0.717, 1.165) is 35.3 Å². The minimum absolute atomic E-state index is 0.147. The molecule has 202 valence electrons. The zero-order chi connectivity index (χ0) is 27.9. The number of benzene rings is 1. The normalized spacial score (nSPS) is 11.3. The minimum atomic E-state index is -1.36. The third-order valence-electron chi connectivity index (χ3n) is 6.73. The fourth-order valence-electron chi connectivity index (χ4n) is 4.60. The lowest BCUT2D eigenvalue weighted by Crippen LogP contribution is -2.38. The van der Waals surface area contributed by atoms with Crippen molar-refractivity contribution >= 4 is 0 Å². The molecule has 8 heteroatoms. The van der Waals surface area contributed by atoms with Crippen molar-refractivity contribution in [3.63, 3.8) is 0 Å². The van der Waals surface area contributed by atoms with E-state index in [4.69, 9.17) is 20.4 Å². The van der Waals surface area contributed by atoms with Gasteiger partial charge in [0.2, 0.25) is 12.6 Å². The molecule has 4 aromatic heterocycles. The maximum atomic E-state index is 9.11. The fourth-order valence-corrected chi connectivity index (χ4v) is 4.60. The second-order valence-electron chi connectivity index (χ2n) is 9.86. The number of nitrogens with zero attached hydrogens (tertiary/aromatic N) is 4. The molecule has 0 radical (unpaired) electrons. The standard InChI is InChI=1S/C32H34N4O4/c37-31(38)23-35-17-9-29(10-18-35)27-5-13-33(14-6-27)21-25-1-2-26(4-3-25)22-34-15-7-28(8-16-34)30-11-19-36(20-12-30)24-32(39)40/h1-20,31-32,37-40H,21-24H2/q+4. The predicted octanol–water partition coefficient (Wildman–Crippen LogP) is 0.889. The van der Waals surface area contributed by atoms with Gasteiger partial charge in [-0.25, -0.2) is 9.13 Å². The van der Waals surface area contributed by atoms with Crippen molar-refractivity contribution in [1.29, 1.82) is 0 Å². The van der Waals surface area contributed by atoms with Crippen LogP contribution in [0.1, 0.15) is 11.1 Å². The maximum absolute atomic E-state index is 9.11. The third-order valence-corrected chi connectivity index (χ3v) is 6.73. The molecule has 0 saturated carbocycles. The molecule has 5 rings (SSSR count). The third kappa shape index (κ3) is 7.40. The van der Waals surface area contributed by atoms with Gasteiger partial charge in [0, 0.05) is 59.7 Å². The summed E-state index contributed by atoms with van der Waals surface area (Å²) in [7, 11) is 0. The number of hydrogen-bond acceptors (Lipinski definition) is 4. The van der Waals surface area contributed by atoms with E-state index in [-0.39, 0.29) is 13.1 Å². The number of aliphatic hydroxyl groups is 4. The average molecular weight is 539 g/mol. The van der Waals surface area contributed by atoms with Gasteiger partial charge < -0.3 is 20.4 Å². The van der Waals surface area contributed by atoms with Crippen LogP contribution in [0.5, 0.6) is 0 Å². The first-order valence-corrected chi connectivity index (χ1v) is 13.2. The summed E-state index contributed by atoms with van der Waals surface area (Å²) in [6.07, 6.45) is 12.9. The predicted molar refractivity (Wildman–Crippen MR) is 146 cm³/mol. The minimum Gasteiger partial charge on any atom is -0.363 e. The summed E-state index contributed by atoms with van der Waals surface area (Å²) < 4.78 is 7.77. The molecule has 1 aromatic carbocycles. The van der Waals surface area contributed by atoms with Crippen LogP contribution in [-0.2, 0) is 26.2 Å². The van der Waals surface area contributed by atoms with Crippen molar-refractivity contribution in [2.24, 2.45) is 0 Å². The maximum Gasteiger partial charge on any atom is 0.212 e. The molecule has 0 bridgehead atoms. The van der Waals surface area contributed by atoms with Crippen LogP contribution in [0.3, 0.4) is 0 Å². The van der Waals surface area contributed by atoms with Gasteiger partial charge in [0.1, 0.15) is 0 Å². The summed E-state index contributed by atoms with van der Waals surface area (Å²) >= 11 is 0. The molecule has 0 aliphatic rings. The molecule has 0 amide bonds. The summed E-state index contributed by atoms with van der Waals surface area (Å²) in [4.78, 5) is 0. The largest absolute Gasteiger partial charge is 0.363 e. The molecule has 0 aliphatic heterocycles. The Morgan fingerprint density at radius 1 is 0.375 bits per heavy atom. The molecule has 4 heterocycles. The first-order chi connectivity index (χ1) is 19.4. The van der Waals surface area contributed by atoms with Gasteiger partial charge in [0.25, 0.3) is 0 Å². The van der Waals surface area contributed by atoms with Crippen LogP contribution in [0.4, 0.5) is 0 Å². The second kappa shape index (κ2) is 12.7. The van der Waals surface area contributed by atoms with Crippen LogP contribution in [0.25, 0.3) is 22.3 Å². The quantitative estimate of drug-likeness (QED) is 0.157. The van der Waals surface area contributed by atoms with Crippen molar-refractivity contribution in [1.82, 2.24) is 0 Å². The highest BCUT2D eigenvalue weighted by molar-refractivity contribution is 5.61. The summed E-state index contributed by atoms with van der Waals surface area (Å²) in [5.41, 5.74) is 6.79. The molecular weight excluding hydrogens is 504 g/mol. The Bertz CT molecular complexity index is 1380. The van der Waals surface area contributed by atoms with E-state index in [2.05, 4.69) is 82.5 Å².